The van der Waals surface area contributed by atoms with Crippen molar-refractivity contribution in [3.05, 3.63) is 96.3 Å². The highest BCUT2D eigenvalue weighted by atomic mass is 19.1. The quantitative estimate of drug-likeness (QED) is 0.197. The highest BCUT2D eigenvalue weighted by molar-refractivity contribution is 5.99. The van der Waals surface area contributed by atoms with E-state index < -0.39 is 11.8 Å². The number of hydrogen-bond donors (Lipinski definition) is 2. The molecule has 0 aliphatic rings. The summed E-state index contributed by atoms with van der Waals surface area (Å²) in [5.41, 5.74) is 2.30. The van der Waals surface area contributed by atoms with Gasteiger partial charge in [0.05, 0.1) is 22.6 Å². The molecule has 2 N–H and O–H groups in total. The highest BCUT2D eigenvalue weighted by Crippen LogP contribution is 2.29. The van der Waals surface area contributed by atoms with Crippen molar-refractivity contribution in [2.75, 3.05) is 10.6 Å². The van der Waals surface area contributed by atoms with Crippen LogP contribution in [0.5, 0.6) is 11.5 Å². The van der Waals surface area contributed by atoms with Gasteiger partial charge >= 0.3 is 6.03 Å². The van der Waals surface area contributed by atoms with Crippen LogP contribution in [0.1, 0.15) is 50.8 Å². The Bertz CT molecular complexity index is 1790. The van der Waals surface area contributed by atoms with Crippen LogP contribution in [0.2, 0.25) is 0 Å². The molecule has 9 nitrogen and oxygen atoms in total. The zero-order valence-corrected chi connectivity index (χ0v) is 24.0. The topological polar surface area (TPSA) is 111 Å². The molecule has 0 radical (unpaired) electrons. The number of benzene rings is 2. The average molecular weight is 567 g/mol. The van der Waals surface area contributed by atoms with Gasteiger partial charge in [-0.2, -0.15) is 5.10 Å². The zero-order valence-electron chi connectivity index (χ0n) is 24.0. The summed E-state index contributed by atoms with van der Waals surface area (Å²) in [5.74, 6) is -0.0619. The molecule has 3 heterocycles. The van der Waals surface area contributed by atoms with Gasteiger partial charge in [-0.05, 0) is 42.5 Å². The molecule has 0 unspecified atom stereocenters. The molecule has 3 aromatic heterocycles. The smallest absolute Gasteiger partial charge is 0.324 e. The Morgan fingerprint density at radius 1 is 0.905 bits per heavy atom. The van der Waals surface area contributed by atoms with Gasteiger partial charge < -0.3 is 10.1 Å². The largest absolute Gasteiger partial charge is 0.457 e. The number of halogens is 1. The van der Waals surface area contributed by atoms with Gasteiger partial charge in [-0.15, -0.1) is 0 Å². The van der Waals surface area contributed by atoms with Crippen molar-refractivity contribution in [1.82, 2.24) is 19.7 Å². The van der Waals surface area contributed by atoms with Crippen LogP contribution in [-0.4, -0.2) is 31.6 Å². The highest BCUT2D eigenvalue weighted by Gasteiger charge is 2.22. The predicted octanol–water partition coefficient (Wildman–Crippen LogP) is 7.53. The molecular weight excluding hydrogens is 535 g/mol. The minimum atomic E-state index is -0.693. The van der Waals surface area contributed by atoms with Gasteiger partial charge in [0, 0.05) is 47.3 Å². The Balaban J connectivity index is 1.34. The van der Waals surface area contributed by atoms with E-state index in [1.165, 1.54) is 24.4 Å². The Morgan fingerprint density at radius 3 is 2.43 bits per heavy atom. The summed E-state index contributed by atoms with van der Waals surface area (Å²) in [5, 5.41) is 11.0. The molecular formula is C32H31FN6O3. The van der Waals surface area contributed by atoms with Crippen LogP contribution in [0.4, 0.5) is 20.7 Å². The normalized spacial score (nSPS) is 11.5. The van der Waals surface area contributed by atoms with Gasteiger partial charge in [0.15, 0.2) is 5.78 Å². The fourth-order valence-electron chi connectivity index (χ4n) is 4.20. The van der Waals surface area contributed by atoms with E-state index in [1.54, 1.807) is 36.9 Å². The number of nitrogens with zero attached hydrogens (tertiary/aromatic N) is 4. The SMILES string of the molecule is CC(C)C(=O)c1cc(Oc2ccc(NC(=O)Nc3cc(C(C)(C)C)nn3-c3ccc4ncccc4c3)c(F)c2)ccn1. The lowest BCUT2D eigenvalue weighted by Crippen LogP contribution is -2.22. The fourth-order valence-corrected chi connectivity index (χ4v) is 4.20. The number of anilines is 2. The maximum atomic E-state index is 15.0. The minimum Gasteiger partial charge on any atom is -0.457 e. The standard InChI is InChI=1S/C32H31FN6O3/c1-19(2)30(40)27-17-23(12-14-35-27)42-22-9-11-26(24(33)16-22)36-31(41)37-29-18-28(32(3,4)5)38-39(29)21-8-10-25-20(15-21)7-6-13-34-25/h6-19H,1-5H3,(H2,36,37,41). The Labute approximate surface area is 242 Å². The number of fused-ring (bicyclic) bond motifs is 1. The van der Waals surface area contributed by atoms with Crippen LogP contribution in [0, 0.1) is 11.7 Å². The van der Waals surface area contributed by atoms with Crippen LogP contribution in [0.3, 0.4) is 0 Å². The summed E-state index contributed by atoms with van der Waals surface area (Å²) in [4.78, 5) is 33.7. The summed E-state index contributed by atoms with van der Waals surface area (Å²) in [7, 11) is 0. The molecule has 0 saturated heterocycles. The van der Waals surface area contributed by atoms with Crippen molar-refractivity contribution in [2.45, 2.75) is 40.0 Å². The second kappa shape index (κ2) is 11.4. The van der Waals surface area contributed by atoms with E-state index in [2.05, 4.69) is 20.6 Å². The van der Waals surface area contributed by atoms with E-state index in [1.807, 2.05) is 51.1 Å². The van der Waals surface area contributed by atoms with E-state index in [9.17, 15) is 9.59 Å². The van der Waals surface area contributed by atoms with Crippen molar-refractivity contribution in [1.29, 1.82) is 0 Å². The number of Topliss-reactive ketones (excluding diaryl/α,β-unsaturated/α-hetero) is 1. The van der Waals surface area contributed by atoms with E-state index in [-0.39, 0.29) is 34.2 Å². The maximum Gasteiger partial charge on any atom is 0.324 e. The molecule has 0 spiro atoms. The van der Waals surface area contributed by atoms with Gasteiger partial charge in [0.25, 0.3) is 0 Å². The predicted molar refractivity (Wildman–Crippen MR) is 160 cm³/mol. The maximum absolute atomic E-state index is 15.0. The minimum absolute atomic E-state index is 0.0378. The van der Waals surface area contributed by atoms with Crippen molar-refractivity contribution in [3.63, 3.8) is 0 Å². The Kier molecular flexibility index (Phi) is 7.71. The Hall–Kier alpha value is -5.12. The molecule has 0 fully saturated rings. The molecule has 214 valence electrons. The van der Waals surface area contributed by atoms with Crippen LogP contribution >= 0.6 is 0 Å². The third kappa shape index (κ3) is 6.27. The van der Waals surface area contributed by atoms with E-state index in [0.717, 1.165) is 28.4 Å². The van der Waals surface area contributed by atoms with Crippen molar-refractivity contribution in [2.24, 2.45) is 5.92 Å². The number of ether oxygens (including phenoxy) is 1. The first-order valence-corrected chi connectivity index (χ1v) is 13.5. The third-order valence-corrected chi connectivity index (χ3v) is 6.48. The molecule has 0 aliphatic heterocycles. The first-order valence-electron chi connectivity index (χ1n) is 13.5. The number of pyridine rings is 2. The molecule has 10 heteroatoms. The molecule has 42 heavy (non-hydrogen) atoms. The molecule has 5 aromatic rings. The van der Waals surface area contributed by atoms with Crippen molar-refractivity contribution >= 4 is 34.2 Å². The number of rotatable bonds is 7. The summed E-state index contributed by atoms with van der Waals surface area (Å²) >= 11 is 0. The number of urea groups is 1. The van der Waals surface area contributed by atoms with Crippen LogP contribution in [-0.2, 0) is 5.41 Å². The van der Waals surface area contributed by atoms with Crippen molar-refractivity contribution < 1.29 is 18.7 Å². The summed E-state index contributed by atoms with van der Waals surface area (Å²) < 4.78 is 22.4. The van der Waals surface area contributed by atoms with Gasteiger partial charge in [-0.3, -0.25) is 20.1 Å². The lowest BCUT2D eigenvalue weighted by atomic mass is 9.92. The molecule has 5 rings (SSSR count). The first-order chi connectivity index (χ1) is 20.0. The molecule has 2 amide bonds. The van der Waals surface area contributed by atoms with Gasteiger partial charge in [-0.25, -0.2) is 13.9 Å². The van der Waals surface area contributed by atoms with E-state index >= 15 is 4.39 Å². The number of nitrogens with one attached hydrogen (secondary N) is 2. The lowest BCUT2D eigenvalue weighted by Gasteiger charge is -2.14. The zero-order chi connectivity index (χ0) is 30.0. The third-order valence-electron chi connectivity index (χ3n) is 6.48. The molecule has 0 atom stereocenters. The number of carbonyl (C=O) groups is 2. The number of carbonyl (C=O) groups excluding carboxylic acids is 2. The fraction of sp³-hybridized carbons (Fsp3) is 0.219. The molecule has 0 aliphatic carbocycles. The summed E-state index contributed by atoms with van der Waals surface area (Å²) in [6, 6.07) is 17.8. The monoisotopic (exact) mass is 566 g/mol. The number of aromatic nitrogens is 4. The lowest BCUT2D eigenvalue weighted by molar-refractivity contribution is 0.0934. The summed E-state index contributed by atoms with van der Waals surface area (Å²) in [6.07, 6.45) is 3.19. The summed E-state index contributed by atoms with van der Waals surface area (Å²) in [6.45, 7) is 9.66. The van der Waals surface area contributed by atoms with Gasteiger partial charge in [0.2, 0.25) is 0 Å². The second-order valence-corrected chi connectivity index (χ2v) is 11.2. The second-order valence-electron chi connectivity index (χ2n) is 11.2. The number of ketones is 1. The molecule has 2 aromatic carbocycles. The van der Waals surface area contributed by atoms with Crippen LogP contribution in [0.15, 0.2) is 79.1 Å². The van der Waals surface area contributed by atoms with Gasteiger partial charge in [-0.1, -0.05) is 40.7 Å². The van der Waals surface area contributed by atoms with Crippen LogP contribution < -0.4 is 15.4 Å². The number of hydrogen-bond acceptors (Lipinski definition) is 6. The first kappa shape index (κ1) is 28.4. The molecule has 0 saturated carbocycles. The van der Waals surface area contributed by atoms with Crippen LogP contribution in [0.25, 0.3) is 16.6 Å². The number of amides is 2. The molecule has 0 bridgehead atoms. The van der Waals surface area contributed by atoms with E-state index in [0.29, 0.717) is 11.6 Å². The Morgan fingerprint density at radius 2 is 1.69 bits per heavy atom. The van der Waals surface area contributed by atoms with E-state index in [4.69, 9.17) is 9.84 Å². The van der Waals surface area contributed by atoms with Crippen molar-refractivity contribution in [3.8, 4) is 17.2 Å². The average Bonchev–Trinajstić information content (AvgIpc) is 3.38. The van der Waals surface area contributed by atoms with Gasteiger partial charge in [0.1, 0.15) is 28.8 Å².